The van der Waals surface area contributed by atoms with Gasteiger partial charge < -0.3 is 15.5 Å². The molecule has 0 bridgehead atoms. The molecule has 1 saturated carbocycles. The highest BCUT2D eigenvalue weighted by molar-refractivity contribution is 5.95. The summed E-state index contributed by atoms with van der Waals surface area (Å²) in [7, 11) is 0. The van der Waals surface area contributed by atoms with E-state index in [-0.39, 0.29) is 18.1 Å². The van der Waals surface area contributed by atoms with E-state index in [9.17, 15) is 14.4 Å². The van der Waals surface area contributed by atoms with Gasteiger partial charge in [0.25, 0.3) is 5.91 Å². The van der Waals surface area contributed by atoms with Gasteiger partial charge in [-0.2, -0.15) is 0 Å². The van der Waals surface area contributed by atoms with E-state index in [1.807, 2.05) is 25.7 Å². The molecule has 3 amide bonds. The first kappa shape index (κ1) is 20.2. The summed E-state index contributed by atoms with van der Waals surface area (Å²) < 4.78 is 0. The Balaban J connectivity index is 1.57. The lowest BCUT2D eigenvalue weighted by Gasteiger charge is -2.33. The smallest absolute Gasteiger partial charge is 0.271 e. The summed E-state index contributed by atoms with van der Waals surface area (Å²) >= 11 is 0. The van der Waals surface area contributed by atoms with E-state index in [2.05, 4.69) is 20.6 Å². The molecule has 1 aromatic rings. The Morgan fingerprint density at radius 1 is 1.18 bits per heavy atom. The molecule has 3 unspecified atom stereocenters. The van der Waals surface area contributed by atoms with Crippen LogP contribution in [0.2, 0.25) is 0 Å². The summed E-state index contributed by atoms with van der Waals surface area (Å²) in [6, 6.07) is -0.632. The Bertz CT molecular complexity index is 719. The highest BCUT2D eigenvalue weighted by Gasteiger charge is 2.42. The van der Waals surface area contributed by atoms with E-state index < -0.39 is 23.3 Å². The average Bonchev–Trinajstić information content (AvgIpc) is 3.25. The van der Waals surface area contributed by atoms with Gasteiger partial charge in [0.15, 0.2) is 0 Å². The number of hydrogen-bond donors (Lipinski definition) is 2. The first-order valence-electron chi connectivity index (χ1n) is 9.88. The molecule has 152 valence electrons. The average molecular weight is 387 g/mol. The maximum atomic E-state index is 13.1. The number of hydrogen-bond acceptors (Lipinski definition) is 5. The minimum Gasteiger partial charge on any atom is -0.342 e. The monoisotopic (exact) mass is 387 g/mol. The summed E-state index contributed by atoms with van der Waals surface area (Å²) in [5.74, 6) is 0.299. The van der Waals surface area contributed by atoms with E-state index in [0.717, 1.165) is 13.1 Å². The van der Waals surface area contributed by atoms with Gasteiger partial charge in [0.1, 0.15) is 11.7 Å². The lowest BCUT2D eigenvalue weighted by Crippen LogP contribution is -2.56. The highest BCUT2D eigenvalue weighted by atomic mass is 16.2. The fourth-order valence-electron chi connectivity index (χ4n) is 4.13. The molecule has 2 aliphatic rings. The van der Waals surface area contributed by atoms with E-state index in [0.29, 0.717) is 11.8 Å². The number of rotatable bonds is 5. The molecule has 28 heavy (non-hydrogen) atoms. The topological polar surface area (TPSA) is 104 Å². The summed E-state index contributed by atoms with van der Waals surface area (Å²) in [4.78, 5) is 47.2. The minimum absolute atomic E-state index is 0.0319. The molecule has 8 heteroatoms. The molecule has 1 aromatic heterocycles. The molecule has 1 saturated heterocycles. The summed E-state index contributed by atoms with van der Waals surface area (Å²) in [5, 5.41) is 5.34. The molecule has 0 radical (unpaired) electrons. The number of carbonyl (C=O) groups excluding carboxylic acids is 3. The summed E-state index contributed by atoms with van der Waals surface area (Å²) in [5.41, 5.74) is -0.290. The van der Waals surface area contributed by atoms with Gasteiger partial charge in [0, 0.05) is 25.5 Å². The van der Waals surface area contributed by atoms with Gasteiger partial charge >= 0.3 is 0 Å². The van der Waals surface area contributed by atoms with Crippen LogP contribution in [0.25, 0.3) is 0 Å². The van der Waals surface area contributed by atoms with Crippen LogP contribution in [-0.2, 0) is 9.59 Å². The van der Waals surface area contributed by atoms with Crippen molar-refractivity contribution in [2.75, 3.05) is 19.6 Å². The fourth-order valence-corrected chi connectivity index (χ4v) is 4.13. The molecule has 3 atom stereocenters. The van der Waals surface area contributed by atoms with Crippen LogP contribution in [0.3, 0.4) is 0 Å². The van der Waals surface area contributed by atoms with E-state index in [1.165, 1.54) is 37.9 Å². The minimum atomic E-state index is -0.632. The normalized spacial score (nSPS) is 22.5. The van der Waals surface area contributed by atoms with Crippen LogP contribution in [0.1, 0.15) is 50.5 Å². The van der Waals surface area contributed by atoms with Gasteiger partial charge in [-0.25, -0.2) is 4.98 Å². The van der Waals surface area contributed by atoms with Gasteiger partial charge in [-0.05, 0) is 30.1 Å². The van der Waals surface area contributed by atoms with Crippen LogP contribution >= 0.6 is 0 Å². The summed E-state index contributed by atoms with van der Waals surface area (Å²) in [6.45, 7) is 7.16. The first-order valence-corrected chi connectivity index (χ1v) is 9.88. The zero-order valence-electron chi connectivity index (χ0n) is 16.8. The standard InChI is InChI=1S/C20H29N5O3/c1-20(2,3)17(19(28)25-11-13-5-4-6-14(13)12-25)24-16(26)10-23-18(27)15-9-21-7-8-22-15/h7-9,13-14,17H,4-6,10-12H2,1-3H3,(H,23,27)(H,24,26). The Morgan fingerprint density at radius 3 is 2.43 bits per heavy atom. The van der Waals surface area contributed by atoms with Crippen molar-refractivity contribution >= 4 is 17.7 Å². The molecule has 8 nitrogen and oxygen atoms in total. The van der Waals surface area contributed by atoms with Crippen LogP contribution in [0.5, 0.6) is 0 Å². The number of nitrogens with one attached hydrogen (secondary N) is 2. The van der Waals surface area contributed by atoms with Crippen molar-refractivity contribution in [1.29, 1.82) is 0 Å². The molecule has 3 rings (SSSR count). The number of carbonyl (C=O) groups is 3. The van der Waals surface area contributed by atoms with Gasteiger partial charge in [0.05, 0.1) is 12.7 Å². The van der Waals surface area contributed by atoms with Crippen molar-refractivity contribution in [2.24, 2.45) is 17.3 Å². The van der Waals surface area contributed by atoms with Gasteiger partial charge in [-0.3, -0.25) is 19.4 Å². The van der Waals surface area contributed by atoms with Crippen molar-refractivity contribution in [2.45, 2.75) is 46.1 Å². The molecule has 1 aliphatic heterocycles. The Hall–Kier alpha value is -2.51. The second-order valence-electron chi connectivity index (χ2n) is 8.83. The molecular formula is C20H29N5O3. The Labute approximate surface area is 165 Å². The number of amides is 3. The van der Waals surface area contributed by atoms with Crippen molar-refractivity contribution in [3.63, 3.8) is 0 Å². The van der Waals surface area contributed by atoms with Crippen LogP contribution in [-0.4, -0.2) is 58.3 Å². The first-order chi connectivity index (χ1) is 13.3. The van der Waals surface area contributed by atoms with Gasteiger partial charge in [-0.15, -0.1) is 0 Å². The maximum absolute atomic E-state index is 13.1. The van der Waals surface area contributed by atoms with Crippen molar-refractivity contribution in [1.82, 2.24) is 25.5 Å². The molecule has 1 aliphatic carbocycles. The molecule has 2 N–H and O–H groups in total. The van der Waals surface area contributed by atoms with Crippen molar-refractivity contribution in [3.8, 4) is 0 Å². The highest BCUT2D eigenvalue weighted by Crippen LogP contribution is 2.38. The Kier molecular flexibility index (Phi) is 5.96. The summed E-state index contributed by atoms with van der Waals surface area (Å²) in [6.07, 6.45) is 7.84. The van der Waals surface area contributed by atoms with Gasteiger partial charge in [0.2, 0.25) is 11.8 Å². The molecular weight excluding hydrogens is 358 g/mol. The second kappa shape index (κ2) is 8.24. The van der Waals surface area contributed by atoms with Crippen molar-refractivity contribution < 1.29 is 14.4 Å². The zero-order valence-corrected chi connectivity index (χ0v) is 16.8. The predicted molar refractivity (Wildman–Crippen MR) is 103 cm³/mol. The lowest BCUT2D eigenvalue weighted by molar-refractivity contribution is -0.138. The fraction of sp³-hybridized carbons (Fsp3) is 0.650. The number of likely N-dealkylation sites (tertiary alicyclic amines) is 1. The molecule has 2 fully saturated rings. The predicted octanol–water partition coefficient (Wildman–Crippen LogP) is 0.996. The third kappa shape index (κ3) is 4.66. The van der Waals surface area contributed by atoms with Crippen LogP contribution in [0, 0.1) is 17.3 Å². The molecule has 0 aromatic carbocycles. The SMILES string of the molecule is CC(C)(C)C(NC(=O)CNC(=O)c1cnccn1)C(=O)N1CC2CCCC2C1. The second-order valence-corrected chi connectivity index (χ2v) is 8.83. The largest absolute Gasteiger partial charge is 0.342 e. The quantitative estimate of drug-likeness (QED) is 0.784. The van der Waals surface area contributed by atoms with Gasteiger partial charge in [-0.1, -0.05) is 27.2 Å². The number of fused-ring (bicyclic) bond motifs is 1. The van der Waals surface area contributed by atoms with E-state index in [1.54, 1.807) is 0 Å². The third-order valence-corrected chi connectivity index (χ3v) is 5.66. The maximum Gasteiger partial charge on any atom is 0.271 e. The van der Waals surface area contributed by atoms with Crippen LogP contribution in [0.15, 0.2) is 18.6 Å². The molecule has 2 heterocycles. The number of aromatic nitrogens is 2. The molecule has 0 spiro atoms. The van der Waals surface area contributed by atoms with E-state index in [4.69, 9.17) is 0 Å². The lowest BCUT2D eigenvalue weighted by atomic mass is 9.85. The van der Waals surface area contributed by atoms with Crippen LogP contribution < -0.4 is 10.6 Å². The van der Waals surface area contributed by atoms with Crippen LogP contribution in [0.4, 0.5) is 0 Å². The zero-order chi connectivity index (χ0) is 20.3. The number of nitrogens with zero attached hydrogens (tertiary/aromatic N) is 3. The van der Waals surface area contributed by atoms with E-state index >= 15 is 0 Å². The third-order valence-electron chi connectivity index (χ3n) is 5.66. The Morgan fingerprint density at radius 2 is 1.86 bits per heavy atom. The van der Waals surface area contributed by atoms with Crippen molar-refractivity contribution in [3.05, 3.63) is 24.3 Å².